The fourth-order valence-electron chi connectivity index (χ4n) is 2.32. The molecule has 0 aromatic carbocycles. The summed E-state index contributed by atoms with van der Waals surface area (Å²) >= 11 is 3.10. The van der Waals surface area contributed by atoms with E-state index in [0.717, 1.165) is 22.0 Å². The summed E-state index contributed by atoms with van der Waals surface area (Å²) < 4.78 is 7.06. The number of thioether (sulfide) groups is 1. The summed E-state index contributed by atoms with van der Waals surface area (Å²) in [6, 6.07) is 7.79. The Kier molecular flexibility index (Phi) is 4.33. The van der Waals surface area contributed by atoms with E-state index in [0.29, 0.717) is 23.3 Å². The minimum absolute atomic E-state index is 0.547. The van der Waals surface area contributed by atoms with Gasteiger partial charge in [0.1, 0.15) is 5.03 Å². The molecule has 0 fully saturated rings. The van der Waals surface area contributed by atoms with Crippen molar-refractivity contribution in [1.29, 1.82) is 0 Å². The molecule has 0 aliphatic heterocycles. The van der Waals surface area contributed by atoms with Crippen LogP contribution in [0, 0.1) is 13.8 Å². The Balaban J connectivity index is 1.43. The molecule has 7 nitrogen and oxygen atoms in total. The van der Waals surface area contributed by atoms with Gasteiger partial charge in [0.05, 0.1) is 11.4 Å². The molecule has 4 rings (SSSR count). The molecule has 0 saturated heterocycles. The van der Waals surface area contributed by atoms with E-state index in [1.54, 1.807) is 16.0 Å². The zero-order valence-electron chi connectivity index (χ0n) is 13.6. The molecule has 25 heavy (non-hydrogen) atoms. The van der Waals surface area contributed by atoms with Crippen LogP contribution in [-0.2, 0) is 5.75 Å². The highest BCUT2D eigenvalue weighted by Crippen LogP contribution is 2.23. The van der Waals surface area contributed by atoms with E-state index >= 15 is 0 Å². The van der Waals surface area contributed by atoms with Crippen LogP contribution < -0.4 is 0 Å². The van der Waals surface area contributed by atoms with E-state index in [1.165, 1.54) is 11.8 Å². The fourth-order valence-corrected chi connectivity index (χ4v) is 3.61. The summed E-state index contributed by atoms with van der Waals surface area (Å²) in [5.74, 6) is 2.43. The Morgan fingerprint density at radius 3 is 2.80 bits per heavy atom. The first-order chi connectivity index (χ1) is 12.2. The highest BCUT2D eigenvalue weighted by molar-refractivity contribution is 7.98. The molecular weight excluding hydrogens is 356 g/mol. The standard InChI is InChI=1S/C16H14N6OS2/c1-10-7-11(2)22(20-10)13-3-4-15(19-18-13)25-9-14-17-16(21-23-14)12-5-6-24-8-12/h3-8H,9H2,1-2H3. The van der Waals surface area contributed by atoms with Gasteiger partial charge in [-0.1, -0.05) is 16.9 Å². The Bertz CT molecular complexity index is 975. The van der Waals surface area contributed by atoms with Gasteiger partial charge in [-0.3, -0.25) is 0 Å². The summed E-state index contributed by atoms with van der Waals surface area (Å²) in [6.45, 7) is 3.95. The Hall–Kier alpha value is -2.52. The maximum absolute atomic E-state index is 5.28. The van der Waals surface area contributed by atoms with Gasteiger partial charge in [0, 0.05) is 16.6 Å². The summed E-state index contributed by atoms with van der Waals surface area (Å²) in [7, 11) is 0. The van der Waals surface area contributed by atoms with Gasteiger partial charge in [0.15, 0.2) is 5.82 Å². The van der Waals surface area contributed by atoms with E-state index in [4.69, 9.17) is 4.52 Å². The van der Waals surface area contributed by atoms with E-state index in [2.05, 4.69) is 25.4 Å². The zero-order valence-corrected chi connectivity index (χ0v) is 15.2. The molecule has 0 N–H and O–H groups in total. The SMILES string of the molecule is Cc1cc(C)n(-c2ccc(SCc3nc(-c4ccsc4)no3)nn2)n1. The highest BCUT2D eigenvalue weighted by atomic mass is 32.2. The minimum Gasteiger partial charge on any atom is -0.338 e. The number of aromatic nitrogens is 6. The predicted octanol–water partition coefficient (Wildman–Crippen LogP) is 3.68. The lowest BCUT2D eigenvalue weighted by atomic mass is 10.3. The largest absolute Gasteiger partial charge is 0.338 e. The van der Waals surface area contributed by atoms with Crippen LogP contribution in [0.3, 0.4) is 0 Å². The maximum atomic E-state index is 5.28. The van der Waals surface area contributed by atoms with Crippen LogP contribution in [0.1, 0.15) is 17.3 Å². The van der Waals surface area contributed by atoms with Crippen LogP contribution in [0.25, 0.3) is 17.2 Å². The molecular formula is C16H14N6OS2. The molecule has 4 aromatic heterocycles. The lowest BCUT2D eigenvalue weighted by molar-refractivity contribution is 0.391. The summed E-state index contributed by atoms with van der Waals surface area (Å²) in [4.78, 5) is 4.39. The average Bonchev–Trinajstić information content (AvgIpc) is 3.34. The molecule has 0 radical (unpaired) electrons. The van der Waals surface area contributed by atoms with Crippen molar-refractivity contribution in [3.8, 4) is 17.2 Å². The van der Waals surface area contributed by atoms with Crippen molar-refractivity contribution in [3.05, 3.63) is 52.3 Å². The lowest BCUT2D eigenvalue weighted by Gasteiger charge is -2.03. The second-order valence-electron chi connectivity index (χ2n) is 5.38. The first kappa shape index (κ1) is 16.0. The zero-order chi connectivity index (χ0) is 17.2. The van der Waals surface area contributed by atoms with Gasteiger partial charge in [0.25, 0.3) is 0 Å². The molecule has 0 aliphatic rings. The van der Waals surface area contributed by atoms with Crippen molar-refractivity contribution in [2.24, 2.45) is 0 Å². The third-order valence-electron chi connectivity index (χ3n) is 3.44. The first-order valence-electron chi connectivity index (χ1n) is 7.54. The third-order valence-corrected chi connectivity index (χ3v) is 5.03. The summed E-state index contributed by atoms with van der Waals surface area (Å²) in [6.07, 6.45) is 0. The molecule has 4 heterocycles. The fraction of sp³-hybridized carbons (Fsp3) is 0.188. The molecule has 0 aliphatic carbocycles. The molecule has 126 valence electrons. The van der Waals surface area contributed by atoms with Gasteiger partial charge >= 0.3 is 0 Å². The van der Waals surface area contributed by atoms with E-state index in [9.17, 15) is 0 Å². The van der Waals surface area contributed by atoms with E-state index in [1.807, 2.05) is 48.9 Å². The van der Waals surface area contributed by atoms with E-state index in [-0.39, 0.29) is 0 Å². The van der Waals surface area contributed by atoms with Crippen molar-refractivity contribution in [2.75, 3.05) is 0 Å². The van der Waals surface area contributed by atoms with Crippen LogP contribution in [0.5, 0.6) is 0 Å². The normalized spacial score (nSPS) is 11.1. The number of thiophene rings is 1. The number of hydrogen-bond acceptors (Lipinski definition) is 8. The van der Waals surface area contributed by atoms with Crippen molar-refractivity contribution in [3.63, 3.8) is 0 Å². The average molecular weight is 370 g/mol. The predicted molar refractivity (Wildman–Crippen MR) is 95.8 cm³/mol. The smallest absolute Gasteiger partial charge is 0.237 e. The van der Waals surface area contributed by atoms with Gasteiger partial charge in [-0.05, 0) is 43.5 Å². The Morgan fingerprint density at radius 1 is 1.20 bits per heavy atom. The van der Waals surface area contributed by atoms with Crippen molar-refractivity contribution < 1.29 is 4.52 Å². The van der Waals surface area contributed by atoms with Gasteiger partial charge in [-0.2, -0.15) is 21.4 Å². The number of rotatable bonds is 5. The van der Waals surface area contributed by atoms with Gasteiger partial charge in [-0.15, -0.1) is 10.2 Å². The summed E-state index contributed by atoms with van der Waals surface area (Å²) in [5, 5.41) is 21.7. The molecule has 0 spiro atoms. The van der Waals surface area contributed by atoms with Crippen molar-refractivity contribution in [2.45, 2.75) is 24.6 Å². The number of nitrogens with zero attached hydrogens (tertiary/aromatic N) is 6. The van der Waals surface area contributed by atoms with Crippen LogP contribution in [0.4, 0.5) is 0 Å². The Morgan fingerprint density at radius 2 is 2.12 bits per heavy atom. The minimum atomic E-state index is 0.547. The molecule has 4 aromatic rings. The molecule has 0 amide bonds. The van der Waals surface area contributed by atoms with Crippen LogP contribution in [0.15, 0.2) is 44.6 Å². The van der Waals surface area contributed by atoms with Gasteiger partial charge in [0.2, 0.25) is 11.7 Å². The second kappa shape index (κ2) is 6.77. The van der Waals surface area contributed by atoms with Crippen LogP contribution in [0.2, 0.25) is 0 Å². The third kappa shape index (κ3) is 3.47. The van der Waals surface area contributed by atoms with Gasteiger partial charge < -0.3 is 4.52 Å². The lowest BCUT2D eigenvalue weighted by Crippen LogP contribution is -2.03. The Labute approximate surface area is 152 Å². The van der Waals surface area contributed by atoms with Crippen molar-refractivity contribution >= 4 is 23.1 Å². The topological polar surface area (TPSA) is 82.5 Å². The monoisotopic (exact) mass is 370 g/mol. The quantitative estimate of drug-likeness (QED) is 0.496. The molecule has 0 atom stereocenters. The van der Waals surface area contributed by atoms with Crippen LogP contribution in [-0.4, -0.2) is 30.1 Å². The van der Waals surface area contributed by atoms with Crippen LogP contribution >= 0.6 is 23.1 Å². The van der Waals surface area contributed by atoms with Crippen molar-refractivity contribution in [1.82, 2.24) is 30.1 Å². The number of aryl methyl sites for hydroxylation is 2. The maximum Gasteiger partial charge on any atom is 0.237 e. The molecule has 0 bridgehead atoms. The number of hydrogen-bond donors (Lipinski definition) is 0. The molecule has 9 heteroatoms. The van der Waals surface area contributed by atoms with Gasteiger partial charge in [-0.25, -0.2) is 4.68 Å². The second-order valence-corrected chi connectivity index (χ2v) is 7.16. The molecule has 0 unspecified atom stereocenters. The first-order valence-corrected chi connectivity index (χ1v) is 9.47. The molecule has 0 saturated carbocycles. The van der Waals surface area contributed by atoms with E-state index < -0.39 is 0 Å². The highest BCUT2D eigenvalue weighted by Gasteiger charge is 2.11. The summed E-state index contributed by atoms with van der Waals surface area (Å²) in [5.41, 5.74) is 2.95.